The van der Waals surface area contributed by atoms with Crippen molar-refractivity contribution in [2.24, 2.45) is 0 Å². The largest absolute Gasteiger partial charge is 0.573 e. The van der Waals surface area contributed by atoms with Crippen molar-refractivity contribution < 1.29 is 39.9 Å². The fraction of sp³-hybridized carbons (Fsp3) is 0.111. The predicted molar refractivity (Wildman–Crippen MR) is 109 cm³/mol. The van der Waals surface area contributed by atoms with Crippen molar-refractivity contribution >= 4 is 44.0 Å². The monoisotopic (exact) mass is 527 g/mol. The van der Waals surface area contributed by atoms with Crippen LogP contribution in [0.2, 0.25) is 5.02 Å². The zero-order valence-electron chi connectivity index (χ0n) is 15.9. The molecule has 0 radical (unpaired) electrons. The van der Waals surface area contributed by atoms with Crippen LogP contribution in [0.15, 0.2) is 47.5 Å². The van der Waals surface area contributed by atoms with E-state index >= 15 is 0 Å². The van der Waals surface area contributed by atoms with Crippen LogP contribution in [-0.4, -0.2) is 25.7 Å². The Labute approximate surface area is 192 Å². The number of halogens is 6. The molecule has 0 saturated carbocycles. The summed E-state index contributed by atoms with van der Waals surface area (Å²) >= 11 is 6.14. The van der Waals surface area contributed by atoms with E-state index in [-0.39, 0.29) is 22.3 Å². The highest BCUT2D eigenvalue weighted by molar-refractivity contribution is 7.93. The van der Waals surface area contributed by atoms with Gasteiger partial charge in [0.2, 0.25) is 0 Å². The van der Waals surface area contributed by atoms with E-state index in [1.807, 2.05) is 4.72 Å². The topological polar surface area (TPSA) is 97.4 Å². The van der Waals surface area contributed by atoms with Gasteiger partial charge in [0, 0.05) is 12.1 Å². The number of aromatic nitrogens is 1. The van der Waals surface area contributed by atoms with E-state index in [9.17, 15) is 35.2 Å². The molecule has 33 heavy (non-hydrogen) atoms. The number of carbonyl (C=O) groups excluding carboxylic acids is 1. The highest BCUT2D eigenvalue weighted by Crippen LogP contribution is 2.30. The summed E-state index contributed by atoms with van der Waals surface area (Å²) in [6.45, 7) is -0.177. The number of nitrogens with zero attached hydrogens (tertiary/aromatic N) is 1. The van der Waals surface area contributed by atoms with Crippen LogP contribution in [0.1, 0.15) is 15.9 Å². The smallest absolute Gasteiger partial charge is 0.404 e. The minimum Gasteiger partial charge on any atom is -0.404 e. The molecule has 1 aromatic heterocycles. The van der Waals surface area contributed by atoms with Gasteiger partial charge in [0.1, 0.15) is 16.5 Å². The minimum absolute atomic E-state index is 0.177. The first-order valence-electron chi connectivity index (χ1n) is 8.60. The van der Waals surface area contributed by atoms with Gasteiger partial charge in [0.25, 0.3) is 15.9 Å². The first kappa shape index (κ1) is 24.7. The number of thiazole rings is 1. The molecule has 0 unspecified atom stereocenters. The molecule has 0 atom stereocenters. The van der Waals surface area contributed by atoms with Gasteiger partial charge in [-0.1, -0.05) is 29.0 Å². The average molecular weight is 528 g/mol. The molecule has 3 rings (SSSR count). The lowest BCUT2D eigenvalue weighted by Crippen LogP contribution is -2.23. The van der Waals surface area contributed by atoms with Crippen LogP contribution in [-0.2, 0) is 16.6 Å². The first-order valence-corrected chi connectivity index (χ1v) is 11.3. The summed E-state index contributed by atoms with van der Waals surface area (Å²) in [5, 5.41) is 1.00. The maximum Gasteiger partial charge on any atom is 0.573 e. The second-order valence-electron chi connectivity index (χ2n) is 6.22. The second-order valence-corrected chi connectivity index (χ2v) is 9.25. The Morgan fingerprint density at radius 3 is 2.45 bits per heavy atom. The summed E-state index contributed by atoms with van der Waals surface area (Å²) in [4.78, 5) is 15.0. The van der Waals surface area contributed by atoms with E-state index in [1.165, 1.54) is 6.07 Å². The van der Waals surface area contributed by atoms with E-state index in [1.54, 1.807) is 0 Å². The fourth-order valence-corrected chi connectivity index (χ4v) is 4.57. The molecule has 0 aliphatic carbocycles. The molecule has 176 valence electrons. The third kappa shape index (κ3) is 6.52. The molecule has 0 fully saturated rings. The maximum absolute atomic E-state index is 14.4. The molecule has 2 aromatic carbocycles. The maximum atomic E-state index is 14.4. The number of nitrogens with one attached hydrogen (secondary N) is 2. The Morgan fingerprint density at radius 1 is 1.15 bits per heavy atom. The quantitative estimate of drug-likeness (QED) is 0.434. The number of ether oxygens (including phenoxy) is 1. The van der Waals surface area contributed by atoms with Crippen molar-refractivity contribution in [2.45, 2.75) is 17.8 Å². The summed E-state index contributed by atoms with van der Waals surface area (Å²) in [6.07, 6.45) is -4.13. The van der Waals surface area contributed by atoms with Crippen LogP contribution in [0, 0.1) is 10.9 Å². The van der Waals surface area contributed by atoms with Crippen LogP contribution in [0.3, 0.4) is 0 Å². The summed E-state index contributed by atoms with van der Waals surface area (Å²) in [6, 6.07) is 5.92. The highest BCUT2D eigenvalue weighted by Gasteiger charge is 2.32. The van der Waals surface area contributed by atoms with Crippen LogP contribution >= 0.6 is 22.9 Å². The van der Waals surface area contributed by atoms with Crippen LogP contribution < -0.4 is 14.8 Å². The highest BCUT2D eigenvalue weighted by atomic mass is 35.5. The molecule has 1 heterocycles. The number of carbonyl (C=O) groups is 1. The van der Waals surface area contributed by atoms with Crippen molar-refractivity contribution in [1.29, 1.82) is 0 Å². The molecule has 3 aromatic rings. The van der Waals surface area contributed by atoms with E-state index in [2.05, 4.69) is 15.0 Å². The van der Waals surface area contributed by atoms with Gasteiger partial charge in [0.05, 0.1) is 11.2 Å². The number of hydrogen-bond donors (Lipinski definition) is 2. The number of benzene rings is 2. The van der Waals surface area contributed by atoms with E-state index in [0.29, 0.717) is 23.0 Å². The van der Waals surface area contributed by atoms with Crippen LogP contribution in [0.5, 0.6) is 5.75 Å². The van der Waals surface area contributed by atoms with E-state index in [0.717, 1.165) is 30.5 Å². The van der Waals surface area contributed by atoms with Crippen LogP contribution in [0.4, 0.5) is 27.1 Å². The van der Waals surface area contributed by atoms with Gasteiger partial charge >= 0.3 is 6.36 Å². The van der Waals surface area contributed by atoms with Gasteiger partial charge in [-0.3, -0.25) is 9.52 Å². The number of amides is 1. The number of hydrogen-bond acceptors (Lipinski definition) is 6. The summed E-state index contributed by atoms with van der Waals surface area (Å²) in [5.74, 6) is -2.66. The summed E-state index contributed by atoms with van der Waals surface area (Å²) < 4.78 is 94.4. The second kappa shape index (κ2) is 9.49. The minimum atomic E-state index is -4.92. The molecular weight excluding hydrogens is 517 g/mol. The lowest BCUT2D eigenvalue weighted by atomic mass is 10.2. The zero-order chi connectivity index (χ0) is 24.4. The predicted octanol–water partition coefficient (Wildman–Crippen LogP) is 4.70. The Hall–Kier alpha value is -2.97. The van der Waals surface area contributed by atoms with E-state index < -0.39 is 43.9 Å². The lowest BCUT2D eigenvalue weighted by Gasteiger charge is -2.12. The fourth-order valence-electron chi connectivity index (χ4n) is 2.48. The van der Waals surface area contributed by atoms with Crippen molar-refractivity contribution in [3.05, 3.63) is 69.7 Å². The third-order valence-electron chi connectivity index (χ3n) is 3.86. The van der Waals surface area contributed by atoms with E-state index in [4.69, 9.17) is 11.6 Å². The molecule has 15 heteroatoms. The van der Waals surface area contributed by atoms with Crippen LogP contribution in [0.25, 0.3) is 0 Å². The number of anilines is 1. The zero-order valence-corrected chi connectivity index (χ0v) is 18.3. The van der Waals surface area contributed by atoms with Gasteiger partial charge in [-0.05, 0) is 35.9 Å². The molecule has 2 N–H and O–H groups in total. The van der Waals surface area contributed by atoms with Crippen molar-refractivity contribution in [3.8, 4) is 5.75 Å². The Balaban J connectivity index is 1.67. The van der Waals surface area contributed by atoms with Gasteiger partial charge in [-0.25, -0.2) is 17.8 Å². The lowest BCUT2D eigenvalue weighted by molar-refractivity contribution is -0.274. The van der Waals surface area contributed by atoms with Gasteiger partial charge in [-0.15, -0.1) is 13.2 Å². The molecular formula is C18H11ClF5N3O4S2. The van der Waals surface area contributed by atoms with Gasteiger partial charge in [0.15, 0.2) is 10.3 Å². The molecule has 0 aliphatic rings. The van der Waals surface area contributed by atoms with Gasteiger partial charge < -0.3 is 10.1 Å². The molecule has 0 spiro atoms. The van der Waals surface area contributed by atoms with Crippen molar-refractivity contribution in [3.63, 3.8) is 0 Å². The Kier molecular flexibility index (Phi) is 7.09. The van der Waals surface area contributed by atoms with Gasteiger partial charge in [-0.2, -0.15) is 4.39 Å². The summed E-state index contributed by atoms with van der Waals surface area (Å²) in [7, 11) is -4.43. The van der Waals surface area contributed by atoms with Crippen molar-refractivity contribution in [1.82, 2.24) is 10.3 Å². The SMILES string of the molecule is O=C(NCc1ccc(OC(F)(F)F)c(Cl)c1)c1ccc(S(=O)(=O)Nc2ncc(F)s2)c(F)c1. The van der Waals surface area contributed by atoms with Crippen molar-refractivity contribution in [2.75, 3.05) is 4.72 Å². The Bertz CT molecular complexity index is 1300. The first-order chi connectivity index (χ1) is 15.3. The normalized spacial score (nSPS) is 11.8. The molecule has 1 amide bonds. The Morgan fingerprint density at radius 2 is 1.88 bits per heavy atom. The molecule has 0 aliphatic heterocycles. The standard InChI is InChI=1S/C18H11ClF5N3O4S2/c19-11-5-9(1-3-13(11)31-18(22,23)24)7-25-16(28)10-2-4-14(12(20)6-10)33(29,30)27-17-26-8-15(21)32-17/h1-6,8H,7H2,(H,25,28)(H,26,27). The number of alkyl halides is 3. The summed E-state index contributed by atoms with van der Waals surface area (Å²) in [5.41, 5.74) is 0.0947. The number of rotatable bonds is 7. The molecule has 0 saturated heterocycles. The average Bonchev–Trinajstić information content (AvgIpc) is 3.10. The number of sulfonamides is 1. The molecule has 0 bridgehead atoms. The molecule has 7 nitrogen and oxygen atoms in total. The third-order valence-corrected chi connectivity index (χ3v) is 6.36.